The highest BCUT2D eigenvalue weighted by atomic mass is 16.7. The minimum atomic E-state index is -1.76. The van der Waals surface area contributed by atoms with Gasteiger partial charge in [-0.15, -0.1) is 0 Å². The average Bonchev–Trinajstić information content (AvgIpc) is 2.93. The summed E-state index contributed by atoms with van der Waals surface area (Å²) >= 11 is 0. The van der Waals surface area contributed by atoms with Gasteiger partial charge >= 0.3 is 0 Å². The predicted octanol–water partition coefficient (Wildman–Crippen LogP) is -0.716. The van der Waals surface area contributed by atoms with E-state index in [1.54, 1.807) is 0 Å². The van der Waals surface area contributed by atoms with Gasteiger partial charge in [0.15, 0.2) is 5.76 Å². The molecule has 0 saturated carbocycles. The van der Waals surface area contributed by atoms with Crippen LogP contribution in [0.4, 0.5) is 0 Å². The largest absolute Gasteiger partial charge is 0.508 e. The standard InChI is InChI=1S/C27H30O14/c1-9-17(30)20(33)22(35)26(37-9)39-13-7-14(29)16-15(8-13)40-24(11-3-5-12(28)6-4-11)25(19(16)32)41-27-23(36)21(34)18(31)10(2)38-27/h3-10,17-18,20-23,26-31,33-36H,1-2H3/t9-,10-,17-,18-,20+,21+,22+,23+,26-,27+/m0/s1. The van der Waals surface area contributed by atoms with Gasteiger partial charge in [0.05, 0.1) is 12.2 Å². The Morgan fingerprint density at radius 1 is 0.707 bits per heavy atom. The van der Waals surface area contributed by atoms with Crippen molar-refractivity contribution in [3.8, 4) is 34.3 Å². The van der Waals surface area contributed by atoms with Crippen LogP contribution in [-0.4, -0.2) is 102 Å². The zero-order valence-electron chi connectivity index (χ0n) is 21.8. The molecule has 0 unspecified atom stereocenters. The van der Waals surface area contributed by atoms with Crippen molar-refractivity contribution >= 4 is 11.0 Å². The summed E-state index contributed by atoms with van der Waals surface area (Å²) in [5, 5.41) is 81.1. The molecule has 14 heteroatoms. The van der Waals surface area contributed by atoms with Crippen LogP contribution in [0.5, 0.6) is 23.0 Å². The number of phenols is 2. The maximum Gasteiger partial charge on any atom is 0.239 e. The van der Waals surface area contributed by atoms with Crippen LogP contribution in [0.15, 0.2) is 45.6 Å². The molecule has 222 valence electrons. The lowest BCUT2D eigenvalue weighted by atomic mass is 10.00. The van der Waals surface area contributed by atoms with Crippen LogP contribution in [0.2, 0.25) is 0 Å². The number of fused-ring (bicyclic) bond motifs is 1. The van der Waals surface area contributed by atoms with Gasteiger partial charge < -0.3 is 64.2 Å². The third-order valence-electron chi connectivity index (χ3n) is 7.14. The van der Waals surface area contributed by atoms with Gasteiger partial charge in [0.1, 0.15) is 64.8 Å². The number of rotatable bonds is 5. The first-order valence-electron chi connectivity index (χ1n) is 12.7. The highest BCUT2D eigenvalue weighted by Gasteiger charge is 2.45. The van der Waals surface area contributed by atoms with E-state index in [2.05, 4.69) is 0 Å². The first-order chi connectivity index (χ1) is 19.4. The van der Waals surface area contributed by atoms with Gasteiger partial charge in [-0.1, -0.05) is 0 Å². The van der Waals surface area contributed by atoms with Crippen LogP contribution in [0, 0.1) is 0 Å². The lowest BCUT2D eigenvalue weighted by Crippen LogP contribution is -2.58. The third kappa shape index (κ3) is 5.31. The van der Waals surface area contributed by atoms with Crippen molar-refractivity contribution in [2.24, 2.45) is 0 Å². The van der Waals surface area contributed by atoms with E-state index in [9.17, 15) is 45.6 Å². The molecular weight excluding hydrogens is 548 g/mol. The number of phenolic OH excluding ortho intramolecular Hbond substituents is 2. The van der Waals surface area contributed by atoms with Crippen molar-refractivity contribution < 1.29 is 64.2 Å². The molecule has 14 nitrogen and oxygen atoms in total. The third-order valence-corrected chi connectivity index (χ3v) is 7.14. The van der Waals surface area contributed by atoms with Gasteiger partial charge in [0.2, 0.25) is 23.8 Å². The van der Waals surface area contributed by atoms with Crippen molar-refractivity contribution in [1.82, 2.24) is 0 Å². The second-order valence-electron chi connectivity index (χ2n) is 10.1. The monoisotopic (exact) mass is 578 g/mol. The van der Waals surface area contributed by atoms with Gasteiger partial charge in [-0.05, 0) is 38.1 Å². The lowest BCUT2D eigenvalue weighted by Gasteiger charge is -2.39. The molecule has 2 fully saturated rings. The number of benzene rings is 2. The Kier molecular flexibility index (Phi) is 7.84. The summed E-state index contributed by atoms with van der Waals surface area (Å²) in [4.78, 5) is 13.7. The Labute approximate surface area is 231 Å². The molecule has 2 aliphatic rings. The minimum absolute atomic E-state index is 0.0859. The Bertz CT molecular complexity index is 1460. The molecule has 0 bridgehead atoms. The molecule has 5 rings (SSSR count). The number of aliphatic hydroxyl groups is 6. The number of aliphatic hydroxyl groups excluding tert-OH is 6. The molecule has 41 heavy (non-hydrogen) atoms. The maximum absolute atomic E-state index is 13.7. The fourth-order valence-corrected chi connectivity index (χ4v) is 4.71. The van der Waals surface area contributed by atoms with Crippen molar-refractivity contribution in [1.29, 1.82) is 0 Å². The van der Waals surface area contributed by atoms with E-state index < -0.39 is 78.3 Å². The van der Waals surface area contributed by atoms with Crippen molar-refractivity contribution in [2.45, 2.75) is 75.3 Å². The normalized spacial score (nSPS) is 34.0. The van der Waals surface area contributed by atoms with Crippen LogP contribution < -0.4 is 14.9 Å². The molecule has 2 aromatic carbocycles. The van der Waals surface area contributed by atoms with Crippen LogP contribution in [0.1, 0.15) is 13.8 Å². The van der Waals surface area contributed by atoms with Crippen molar-refractivity contribution in [3.63, 3.8) is 0 Å². The van der Waals surface area contributed by atoms with Crippen LogP contribution in [0.25, 0.3) is 22.3 Å². The van der Waals surface area contributed by atoms with Gasteiger partial charge in [-0.3, -0.25) is 4.79 Å². The maximum atomic E-state index is 13.7. The molecule has 3 aromatic rings. The molecule has 0 radical (unpaired) electrons. The molecular formula is C27H30O14. The molecule has 2 aliphatic heterocycles. The number of hydrogen-bond acceptors (Lipinski definition) is 14. The Morgan fingerprint density at radius 2 is 1.24 bits per heavy atom. The molecule has 10 atom stereocenters. The van der Waals surface area contributed by atoms with Gasteiger partial charge in [-0.2, -0.15) is 0 Å². The average molecular weight is 579 g/mol. The molecule has 0 amide bonds. The Hall–Kier alpha value is -3.47. The van der Waals surface area contributed by atoms with Gasteiger partial charge in [-0.25, -0.2) is 0 Å². The lowest BCUT2D eigenvalue weighted by molar-refractivity contribution is -0.268. The van der Waals surface area contributed by atoms with E-state index >= 15 is 0 Å². The fraction of sp³-hybridized carbons (Fsp3) is 0.444. The van der Waals surface area contributed by atoms with Crippen molar-refractivity contribution in [3.05, 3.63) is 46.6 Å². The topological polar surface area (TPSA) is 229 Å². The zero-order valence-corrected chi connectivity index (χ0v) is 21.8. The van der Waals surface area contributed by atoms with Crippen LogP contribution >= 0.6 is 0 Å². The highest BCUT2D eigenvalue weighted by Crippen LogP contribution is 2.38. The summed E-state index contributed by atoms with van der Waals surface area (Å²) in [6.07, 6.45) is -14.3. The van der Waals surface area contributed by atoms with E-state index in [4.69, 9.17) is 23.4 Å². The number of hydrogen-bond donors (Lipinski definition) is 8. The quantitative estimate of drug-likeness (QED) is 0.187. The minimum Gasteiger partial charge on any atom is -0.508 e. The van der Waals surface area contributed by atoms with Crippen LogP contribution in [0.3, 0.4) is 0 Å². The number of aromatic hydroxyl groups is 2. The molecule has 8 N–H and O–H groups in total. The van der Waals surface area contributed by atoms with E-state index in [1.807, 2.05) is 0 Å². The highest BCUT2D eigenvalue weighted by molar-refractivity contribution is 5.88. The second kappa shape index (κ2) is 11.1. The first kappa shape index (κ1) is 29.0. The Morgan fingerprint density at radius 3 is 1.80 bits per heavy atom. The van der Waals surface area contributed by atoms with E-state index in [0.717, 1.165) is 6.07 Å². The van der Waals surface area contributed by atoms with E-state index in [1.165, 1.54) is 44.2 Å². The van der Waals surface area contributed by atoms with Crippen molar-refractivity contribution in [2.75, 3.05) is 0 Å². The molecule has 0 spiro atoms. The summed E-state index contributed by atoms with van der Waals surface area (Å²) < 4.78 is 28.2. The van der Waals surface area contributed by atoms with Gasteiger partial charge in [0, 0.05) is 17.7 Å². The zero-order chi connectivity index (χ0) is 29.7. The molecule has 0 aliphatic carbocycles. The summed E-state index contributed by atoms with van der Waals surface area (Å²) in [5.41, 5.74) is -0.865. The van der Waals surface area contributed by atoms with Gasteiger partial charge in [0.25, 0.3) is 0 Å². The van der Waals surface area contributed by atoms with E-state index in [-0.39, 0.29) is 33.8 Å². The molecule has 1 aromatic heterocycles. The summed E-state index contributed by atoms with van der Waals surface area (Å²) in [7, 11) is 0. The van der Waals surface area contributed by atoms with E-state index in [0.29, 0.717) is 0 Å². The van der Waals surface area contributed by atoms with Crippen LogP contribution in [-0.2, 0) is 9.47 Å². The summed E-state index contributed by atoms with van der Waals surface area (Å²) in [6, 6.07) is 7.71. The SMILES string of the molecule is C[C@@H]1O[C@@H](Oc2cc(O)c3c(=O)c(O[C@H]4O[C@@H](C)[C@H](O)[C@@H](O)[C@H]4O)c(-c4ccc(O)cc4)oc3c2)[C@H](O)[C@H](O)[C@H]1O. The predicted molar refractivity (Wildman–Crippen MR) is 137 cm³/mol. The number of ether oxygens (including phenoxy) is 4. The molecule has 2 saturated heterocycles. The summed E-state index contributed by atoms with van der Waals surface area (Å²) in [5.74, 6) is -1.55. The first-order valence-corrected chi connectivity index (χ1v) is 12.7. The second-order valence-corrected chi connectivity index (χ2v) is 10.1. The Balaban J connectivity index is 1.58. The molecule has 3 heterocycles. The fourth-order valence-electron chi connectivity index (χ4n) is 4.71. The smallest absolute Gasteiger partial charge is 0.239 e. The summed E-state index contributed by atoms with van der Waals surface area (Å²) in [6.45, 7) is 2.90.